The molecule has 0 aromatic rings. The zero-order valence-corrected chi connectivity index (χ0v) is 11.9. The van der Waals surface area contributed by atoms with Gasteiger partial charge in [0.25, 0.3) is 0 Å². The van der Waals surface area contributed by atoms with Crippen molar-refractivity contribution in [1.82, 2.24) is 0 Å². The predicted molar refractivity (Wildman–Crippen MR) is 63.7 cm³/mol. The Morgan fingerprint density at radius 3 is 1.50 bits per heavy atom. The van der Waals surface area contributed by atoms with E-state index in [2.05, 4.69) is 13.8 Å². The molecule has 0 radical (unpaired) electrons. The molecule has 0 aromatic carbocycles. The minimum Gasteiger partial charge on any atom is -0.381 e. The van der Waals surface area contributed by atoms with Crippen molar-refractivity contribution < 1.29 is 8.85 Å². The van der Waals surface area contributed by atoms with Crippen LogP contribution in [-0.2, 0) is 8.85 Å². The van der Waals surface area contributed by atoms with Crippen LogP contribution in [0.25, 0.3) is 0 Å². The lowest BCUT2D eigenvalue weighted by atomic mass is 10.3. The fraction of sp³-hybridized carbons (Fsp3) is 1.00. The summed E-state index contributed by atoms with van der Waals surface area (Å²) in [6, 6.07) is 0.838. The molecule has 0 aliphatic heterocycles. The minimum absolute atomic E-state index is 0.136. The van der Waals surface area contributed by atoms with E-state index in [0.29, 0.717) is 5.92 Å². The molecular weight excluding hydrogens is 216 g/mol. The maximum Gasteiger partial charge on any atom is 0.443 e. The molecule has 14 heavy (non-hydrogen) atoms. The van der Waals surface area contributed by atoms with Gasteiger partial charge in [-0.15, -0.1) is 0 Å². The first-order chi connectivity index (χ1) is 6.25. The van der Waals surface area contributed by atoms with E-state index < -0.39 is 7.87 Å². The lowest BCUT2D eigenvalue weighted by Crippen LogP contribution is -2.41. The fourth-order valence-electron chi connectivity index (χ4n) is 1.32. The number of rotatable bonds is 6. The van der Waals surface area contributed by atoms with Gasteiger partial charge in [-0.05, 0) is 33.6 Å². The predicted octanol–water partition coefficient (Wildman–Crippen LogP) is 3.67. The van der Waals surface area contributed by atoms with E-state index in [1.165, 1.54) is 0 Å². The normalized spacial score (nSPS) is 13.3. The van der Waals surface area contributed by atoms with E-state index in [-0.39, 0.29) is 12.2 Å². The molecule has 2 nitrogen and oxygen atoms in total. The first-order valence-electron chi connectivity index (χ1n) is 5.29. The first-order valence-corrected chi connectivity index (χ1v) is 8.33. The van der Waals surface area contributed by atoms with Gasteiger partial charge >= 0.3 is 7.87 Å². The molecule has 86 valence electrons. The van der Waals surface area contributed by atoms with Crippen molar-refractivity contribution in [1.29, 1.82) is 0 Å². The molecule has 0 N–H and O–H groups in total. The second-order valence-corrected chi connectivity index (χ2v) is 8.52. The Labute approximate surface area is 93.9 Å². The van der Waals surface area contributed by atoms with Gasteiger partial charge < -0.3 is 8.85 Å². The monoisotopic (exact) mass is 238 g/mol. The van der Waals surface area contributed by atoms with Crippen LogP contribution in [0.2, 0.25) is 6.04 Å². The average Bonchev–Trinajstić information content (AvgIpc) is 1.76. The lowest BCUT2D eigenvalue weighted by molar-refractivity contribution is 0.118. The lowest BCUT2D eigenvalue weighted by Gasteiger charge is -2.29. The van der Waals surface area contributed by atoms with Crippen LogP contribution >= 0.6 is 11.1 Å². The Balaban J connectivity index is 4.32. The van der Waals surface area contributed by atoms with Crippen LogP contribution < -0.4 is 0 Å². The average molecular weight is 239 g/mol. The molecule has 0 amide bonds. The Morgan fingerprint density at radius 1 is 0.929 bits per heavy atom. The van der Waals surface area contributed by atoms with Gasteiger partial charge in [-0.1, -0.05) is 24.9 Å². The zero-order chi connectivity index (χ0) is 11.4. The summed E-state index contributed by atoms with van der Waals surface area (Å²) in [4.78, 5) is 0. The summed E-state index contributed by atoms with van der Waals surface area (Å²) in [6.07, 6.45) is 0.272. The van der Waals surface area contributed by atoms with E-state index >= 15 is 0 Å². The molecule has 0 unspecified atom stereocenters. The molecule has 0 saturated heterocycles. The number of hydrogen-bond acceptors (Lipinski definition) is 2. The summed E-state index contributed by atoms with van der Waals surface area (Å²) >= 11 is 6.42. The Morgan fingerprint density at radius 2 is 1.29 bits per heavy atom. The van der Waals surface area contributed by atoms with Crippen LogP contribution in [0.1, 0.15) is 41.5 Å². The highest BCUT2D eigenvalue weighted by Crippen LogP contribution is 2.26. The van der Waals surface area contributed by atoms with Crippen molar-refractivity contribution in [3.63, 3.8) is 0 Å². The summed E-state index contributed by atoms with van der Waals surface area (Å²) in [6.45, 7) is 12.2. The molecule has 0 aliphatic carbocycles. The van der Waals surface area contributed by atoms with Gasteiger partial charge in [0.2, 0.25) is 0 Å². The Bertz CT molecular complexity index is 134. The van der Waals surface area contributed by atoms with E-state index in [4.69, 9.17) is 19.9 Å². The standard InChI is InChI=1S/C10H23ClO2Si/c1-8(2)7-14(11,12-9(3)4)13-10(5)6/h8-10H,7H2,1-6H3. The summed E-state index contributed by atoms with van der Waals surface area (Å²) in [5.74, 6) is 0.511. The van der Waals surface area contributed by atoms with Crippen LogP contribution in [0.5, 0.6) is 0 Å². The molecule has 4 heteroatoms. The summed E-state index contributed by atoms with van der Waals surface area (Å²) < 4.78 is 11.5. The van der Waals surface area contributed by atoms with Gasteiger partial charge in [-0.2, -0.15) is 0 Å². The Hall–Kier alpha value is 0.427. The van der Waals surface area contributed by atoms with Crippen molar-refractivity contribution in [3.8, 4) is 0 Å². The second-order valence-electron chi connectivity index (χ2n) is 4.59. The van der Waals surface area contributed by atoms with Crippen LogP contribution in [0, 0.1) is 5.92 Å². The van der Waals surface area contributed by atoms with Crippen molar-refractivity contribution in [2.45, 2.75) is 59.8 Å². The molecule has 0 heterocycles. The molecule has 0 fully saturated rings. The highest BCUT2D eigenvalue weighted by Gasteiger charge is 2.38. The Kier molecular flexibility index (Phi) is 6.29. The molecular formula is C10H23ClO2Si. The molecule has 0 rings (SSSR count). The van der Waals surface area contributed by atoms with Gasteiger partial charge in [-0.3, -0.25) is 0 Å². The molecule has 0 saturated carbocycles. The molecule has 0 aromatic heterocycles. The third kappa shape index (κ3) is 6.82. The van der Waals surface area contributed by atoms with Gasteiger partial charge in [0, 0.05) is 18.3 Å². The van der Waals surface area contributed by atoms with Gasteiger partial charge in [-0.25, -0.2) is 0 Å². The summed E-state index contributed by atoms with van der Waals surface area (Å²) in [5.41, 5.74) is 0. The van der Waals surface area contributed by atoms with Crippen molar-refractivity contribution >= 4 is 18.9 Å². The highest BCUT2D eigenvalue weighted by molar-refractivity contribution is 7.13. The fourth-order valence-corrected chi connectivity index (χ4v) is 5.94. The third-order valence-corrected chi connectivity index (χ3v) is 5.42. The summed E-state index contributed by atoms with van der Waals surface area (Å²) in [5, 5.41) is 0. The van der Waals surface area contributed by atoms with E-state index in [9.17, 15) is 0 Å². The summed E-state index contributed by atoms with van der Waals surface area (Å²) in [7, 11) is -2.47. The smallest absolute Gasteiger partial charge is 0.381 e. The molecule has 0 bridgehead atoms. The van der Waals surface area contributed by atoms with Gasteiger partial charge in [0.1, 0.15) is 0 Å². The highest BCUT2D eigenvalue weighted by atomic mass is 35.6. The maximum atomic E-state index is 6.42. The van der Waals surface area contributed by atoms with Gasteiger partial charge in [0.05, 0.1) is 0 Å². The number of halogens is 1. The first kappa shape index (κ1) is 14.4. The van der Waals surface area contributed by atoms with E-state index in [1.54, 1.807) is 0 Å². The van der Waals surface area contributed by atoms with Crippen LogP contribution in [0.3, 0.4) is 0 Å². The van der Waals surface area contributed by atoms with Crippen LogP contribution in [0.15, 0.2) is 0 Å². The third-order valence-electron chi connectivity index (χ3n) is 1.48. The van der Waals surface area contributed by atoms with E-state index in [1.807, 2.05) is 27.7 Å². The van der Waals surface area contributed by atoms with Gasteiger partial charge in [0.15, 0.2) is 0 Å². The van der Waals surface area contributed by atoms with Crippen molar-refractivity contribution in [2.75, 3.05) is 0 Å². The van der Waals surface area contributed by atoms with E-state index in [0.717, 1.165) is 6.04 Å². The topological polar surface area (TPSA) is 18.5 Å². The van der Waals surface area contributed by atoms with Crippen molar-refractivity contribution in [3.05, 3.63) is 0 Å². The van der Waals surface area contributed by atoms with Crippen LogP contribution in [-0.4, -0.2) is 20.1 Å². The quantitative estimate of drug-likeness (QED) is 0.519. The van der Waals surface area contributed by atoms with Crippen LogP contribution in [0.4, 0.5) is 0 Å². The molecule has 0 atom stereocenters. The largest absolute Gasteiger partial charge is 0.443 e. The SMILES string of the molecule is CC(C)C[Si](Cl)(OC(C)C)OC(C)C. The zero-order valence-electron chi connectivity index (χ0n) is 10.1. The maximum absolute atomic E-state index is 6.42. The minimum atomic E-state index is -2.47. The molecule has 0 aliphatic rings. The van der Waals surface area contributed by atoms with Crippen molar-refractivity contribution in [2.24, 2.45) is 5.92 Å². The number of hydrogen-bond donors (Lipinski definition) is 0. The second kappa shape index (κ2) is 6.11. The molecule has 0 spiro atoms.